The lowest BCUT2D eigenvalue weighted by atomic mass is 9.81. The van der Waals surface area contributed by atoms with E-state index in [0.717, 1.165) is 11.1 Å². The van der Waals surface area contributed by atoms with Gasteiger partial charge in [-0.3, -0.25) is 9.69 Å². The van der Waals surface area contributed by atoms with Crippen LogP contribution in [0.1, 0.15) is 22.9 Å². The topological polar surface area (TPSA) is 85.4 Å². The molecule has 0 N–H and O–H groups in total. The van der Waals surface area contributed by atoms with E-state index in [9.17, 15) is 14.4 Å². The zero-order valence-electron chi connectivity index (χ0n) is 20.0. The Kier molecular flexibility index (Phi) is 5.81. The molecular formula is C28H24N2O6. The molecule has 3 aromatic carbocycles. The molecule has 2 heterocycles. The second-order valence-electron chi connectivity index (χ2n) is 8.48. The van der Waals surface area contributed by atoms with E-state index in [1.54, 1.807) is 35.2 Å². The first-order valence-electron chi connectivity index (χ1n) is 11.3. The number of carbonyl (C=O) groups is 3. The van der Waals surface area contributed by atoms with E-state index in [-0.39, 0.29) is 11.3 Å². The molecule has 2 unspecified atom stereocenters. The molecule has 2 aliphatic heterocycles. The van der Waals surface area contributed by atoms with E-state index >= 15 is 0 Å². The highest BCUT2D eigenvalue weighted by atomic mass is 16.7. The number of aryl methyl sites for hydroxylation is 1. The van der Waals surface area contributed by atoms with Crippen LogP contribution in [0.25, 0.3) is 0 Å². The van der Waals surface area contributed by atoms with Gasteiger partial charge in [-0.2, -0.15) is 0 Å². The fourth-order valence-electron chi connectivity index (χ4n) is 4.83. The zero-order valence-corrected chi connectivity index (χ0v) is 20.0. The summed E-state index contributed by atoms with van der Waals surface area (Å²) in [4.78, 5) is 48.5. The number of anilines is 1. The quantitative estimate of drug-likeness (QED) is 0.510. The van der Waals surface area contributed by atoms with Gasteiger partial charge in [-0.25, -0.2) is 9.59 Å². The summed E-state index contributed by atoms with van der Waals surface area (Å²) in [6.45, 7) is 1.96. The zero-order chi connectivity index (χ0) is 25.4. The van der Waals surface area contributed by atoms with Crippen molar-refractivity contribution in [2.24, 2.45) is 0 Å². The van der Waals surface area contributed by atoms with Crippen LogP contribution < -0.4 is 4.90 Å². The summed E-state index contributed by atoms with van der Waals surface area (Å²) >= 11 is 0. The molecule has 1 fully saturated rings. The fourth-order valence-corrected chi connectivity index (χ4v) is 4.83. The smallest absolute Gasteiger partial charge is 0.376 e. The van der Waals surface area contributed by atoms with Gasteiger partial charge in [0, 0.05) is 5.69 Å². The molecule has 5 rings (SSSR count). The number of ether oxygens (including phenoxy) is 2. The summed E-state index contributed by atoms with van der Waals surface area (Å²) in [6.07, 6.45) is -0.816. The highest BCUT2D eigenvalue weighted by molar-refractivity contribution is 6.15. The van der Waals surface area contributed by atoms with Crippen molar-refractivity contribution in [3.63, 3.8) is 0 Å². The normalized spacial score (nSPS) is 21.2. The third-order valence-electron chi connectivity index (χ3n) is 6.47. The van der Waals surface area contributed by atoms with Crippen LogP contribution in [-0.2, 0) is 34.2 Å². The van der Waals surface area contributed by atoms with E-state index in [1.807, 2.05) is 61.5 Å². The van der Waals surface area contributed by atoms with Crippen LogP contribution in [0.4, 0.5) is 5.69 Å². The molecule has 0 spiro atoms. The minimum absolute atomic E-state index is 0.233. The molecule has 8 heteroatoms. The summed E-state index contributed by atoms with van der Waals surface area (Å²) in [6, 6.07) is 25.5. The Morgan fingerprint density at radius 3 is 2.00 bits per heavy atom. The minimum Gasteiger partial charge on any atom is -0.465 e. The number of benzene rings is 3. The number of hydrogen-bond donors (Lipinski definition) is 0. The first kappa shape index (κ1) is 23.3. The second kappa shape index (κ2) is 8.98. The lowest BCUT2D eigenvalue weighted by Gasteiger charge is -2.31. The van der Waals surface area contributed by atoms with Crippen LogP contribution in [0, 0.1) is 6.92 Å². The van der Waals surface area contributed by atoms with Crippen LogP contribution in [0.15, 0.2) is 96.3 Å². The van der Waals surface area contributed by atoms with Crippen LogP contribution in [0.2, 0.25) is 0 Å². The van der Waals surface area contributed by atoms with Crippen molar-refractivity contribution >= 4 is 23.5 Å². The van der Waals surface area contributed by atoms with Gasteiger partial charge in [0.1, 0.15) is 5.57 Å². The average molecular weight is 485 g/mol. The molecule has 36 heavy (non-hydrogen) atoms. The Morgan fingerprint density at radius 2 is 1.42 bits per heavy atom. The maximum atomic E-state index is 14.7. The van der Waals surface area contributed by atoms with E-state index < -0.39 is 29.6 Å². The highest BCUT2D eigenvalue weighted by Crippen LogP contribution is 2.56. The number of methoxy groups -OCH3 is 2. The van der Waals surface area contributed by atoms with Crippen molar-refractivity contribution in [1.29, 1.82) is 0 Å². The molecule has 1 saturated heterocycles. The lowest BCUT2D eigenvalue weighted by molar-refractivity contribution is -0.180. The molecule has 0 radical (unpaired) electrons. The minimum atomic E-state index is -1.80. The summed E-state index contributed by atoms with van der Waals surface area (Å²) in [7, 11) is 2.37. The van der Waals surface area contributed by atoms with Gasteiger partial charge in [-0.05, 0) is 30.2 Å². The van der Waals surface area contributed by atoms with Crippen molar-refractivity contribution in [1.82, 2.24) is 5.06 Å². The molecule has 8 nitrogen and oxygen atoms in total. The molecule has 182 valence electrons. The fraction of sp³-hybridized carbons (Fsp3) is 0.179. The van der Waals surface area contributed by atoms with Gasteiger partial charge >= 0.3 is 11.9 Å². The molecule has 1 amide bonds. The summed E-state index contributed by atoms with van der Waals surface area (Å²) in [5.74, 6) is -2.61. The van der Waals surface area contributed by atoms with Crippen LogP contribution in [0.5, 0.6) is 0 Å². The van der Waals surface area contributed by atoms with Crippen LogP contribution in [-0.4, -0.2) is 37.1 Å². The summed E-state index contributed by atoms with van der Waals surface area (Å²) in [5.41, 5.74) is 0.771. The molecule has 2 aliphatic rings. The monoisotopic (exact) mass is 484 g/mol. The maximum Gasteiger partial charge on any atom is 0.376 e. The predicted molar refractivity (Wildman–Crippen MR) is 130 cm³/mol. The number of hydrogen-bond acceptors (Lipinski definition) is 7. The summed E-state index contributed by atoms with van der Waals surface area (Å²) in [5, 5.41) is 1.40. The third-order valence-corrected chi connectivity index (χ3v) is 6.47. The van der Waals surface area contributed by atoms with Crippen molar-refractivity contribution < 1.29 is 28.7 Å². The van der Waals surface area contributed by atoms with Gasteiger partial charge < -0.3 is 14.3 Å². The number of esters is 2. The highest BCUT2D eigenvalue weighted by Gasteiger charge is 2.70. The second-order valence-corrected chi connectivity index (χ2v) is 8.48. The Morgan fingerprint density at radius 1 is 0.833 bits per heavy atom. The van der Waals surface area contributed by atoms with Crippen LogP contribution in [0.3, 0.4) is 0 Å². The molecular weight excluding hydrogens is 460 g/mol. The number of carbonyl (C=O) groups excluding carboxylic acids is 3. The number of fused-ring (bicyclic) bond motifs is 1. The van der Waals surface area contributed by atoms with Crippen molar-refractivity contribution in [3.8, 4) is 0 Å². The largest absolute Gasteiger partial charge is 0.465 e. The Bertz CT molecular complexity index is 1350. The van der Waals surface area contributed by atoms with E-state index in [0.29, 0.717) is 11.3 Å². The molecule has 0 aromatic heterocycles. The number of amides is 1. The molecule has 0 aliphatic carbocycles. The predicted octanol–water partition coefficient (Wildman–Crippen LogP) is 3.78. The van der Waals surface area contributed by atoms with Gasteiger partial charge in [0.2, 0.25) is 5.76 Å². The maximum absolute atomic E-state index is 14.7. The van der Waals surface area contributed by atoms with Gasteiger partial charge in [-0.15, -0.1) is 0 Å². The summed E-state index contributed by atoms with van der Waals surface area (Å²) < 4.78 is 10.0. The molecule has 3 aromatic rings. The van der Waals surface area contributed by atoms with Crippen LogP contribution >= 0.6 is 0 Å². The van der Waals surface area contributed by atoms with Gasteiger partial charge in [0.15, 0.2) is 11.7 Å². The van der Waals surface area contributed by atoms with E-state index in [2.05, 4.69) is 0 Å². The molecule has 0 saturated carbocycles. The number of nitrogens with zero attached hydrogens (tertiary/aromatic N) is 2. The molecule has 0 bridgehead atoms. The van der Waals surface area contributed by atoms with Gasteiger partial charge in [0.25, 0.3) is 5.91 Å². The SMILES string of the molecule is COC(=O)C1=C(C(=O)OC)C2(c3ccccc3)C(=O)N(c3ccc(C)cc3)C(c3ccccc3)N2O1. The molecule has 2 atom stereocenters. The Labute approximate surface area is 208 Å². The van der Waals surface area contributed by atoms with Gasteiger partial charge in [0.05, 0.1) is 14.2 Å². The Hall–Kier alpha value is -4.43. The average Bonchev–Trinajstić information content (AvgIpc) is 3.40. The lowest BCUT2D eigenvalue weighted by Crippen LogP contribution is -2.46. The Balaban J connectivity index is 1.85. The standard InChI is InChI=1S/C28H24N2O6/c1-18-14-16-21(17-15-18)29-24(19-10-6-4-7-11-19)30-28(27(29)33,20-12-8-5-9-13-20)22(25(31)34-2)23(36-30)26(32)35-3/h4-17,24H,1-3H3. The van der Waals surface area contributed by atoms with Gasteiger partial charge in [-0.1, -0.05) is 83.4 Å². The number of rotatable bonds is 5. The van der Waals surface area contributed by atoms with Crippen molar-refractivity contribution in [2.75, 3.05) is 19.1 Å². The first-order chi connectivity index (χ1) is 17.4. The van der Waals surface area contributed by atoms with E-state index in [4.69, 9.17) is 14.3 Å². The van der Waals surface area contributed by atoms with Crippen molar-refractivity contribution in [2.45, 2.75) is 18.6 Å². The van der Waals surface area contributed by atoms with Crippen molar-refractivity contribution in [3.05, 3.63) is 113 Å². The number of hydroxylamine groups is 2. The first-order valence-corrected chi connectivity index (χ1v) is 11.3. The van der Waals surface area contributed by atoms with E-state index in [1.165, 1.54) is 19.3 Å². The third kappa shape index (κ3) is 3.30.